The number of aryl methyl sites for hydroxylation is 1. The lowest BCUT2D eigenvalue weighted by Gasteiger charge is -2.08. The zero-order valence-corrected chi connectivity index (χ0v) is 10.1. The number of rotatable bonds is 7. The van der Waals surface area contributed by atoms with Gasteiger partial charge in [0.2, 0.25) is 5.28 Å². The van der Waals surface area contributed by atoms with Crippen LogP contribution in [0.2, 0.25) is 5.28 Å². The zero-order valence-electron chi connectivity index (χ0n) is 9.37. The van der Waals surface area contributed by atoms with E-state index < -0.39 is 0 Å². The Bertz CT molecular complexity index is 344. The molecule has 0 amide bonds. The maximum atomic E-state index is 5.69. The van der Waals surface area contributed by atoms with Crippen LogP contribution in [-0.4, -0.2) is 29.7 Å². The van der Waals surface area contributed by atoms with Gasteiger partial charge in [-0.25, -0.2) is 9.97 Å². The van der Waals surface area contributed by atoms with E-state index in [1.54, 1.807) is 6.20 Å². The first-order valence-corrected chi connectivity index (χ1v) is 5.53. The summed E-state index contributed by atoms with van der Waals surface area (Å²) in [6.45, 7) is 7.58. The van der Waals surface area contributed by atoms with Crippen LogP contribution < -0.4 is 5.32 Å². The Kier molecular flexibility index (Phi) is 5.82. The Hall–Kier alpha value is -1.13. The van der Waals surface area contributed by atoms with Crippen LogP contribution in [-0.2, 0) is 4.74 Å². The average molecular weight is 242 g/mol. The van der Waals surface area contributed by atoms with Crippen molar-refractivity contribution < 1.29 is 4.74 Å². The third kappa shape index (κ3) is 4.59. The van der Waals surface area contributed by atoms with Crippen molar-refractivity contribution in [1.29, 1.82) is 0 Å². The molecular formula is C11H16ClN3O. The molecule has 0 saturated heterocycles. The summed E-state index contributed by atoms with van der Waals surface area (Å²) in [4.78, 5) is 7.96. The minimum absolute atomic E-state index is 0.251. The predicted molar refractivity (Wildman–Crippen MR) is 65.9 cm³/mol. The van der Waals surface area contributed by atoms with E-state index >= 15 is 0 Å². The van der Waals surface area contributed by atoms with E-state index in [2.05, 4.69) is 21.9 Å². The third-order valence-electron chi connectivity index (χ3n) is 1.95. The average Bonchev–Trinajstić information content (AvgIpc) is 2.28. The number of anilines is 1. The summed E-state index contributed by atoms with van der Waals surface area (Å²) < 4.78 is 5.36. The van der Waals surface area contributed by atoms with Gasteiger partial charge in [0.15, 0.2) is 0 Å². The lowest BCUT2D eigenvalue weighted by Crippen LogP contribution is -2.12. The van der Waals surface area contributed by atoms with E-state index in [1.165, 1.54) is 0 Å². The lowest BCUT2D eigenvalue weighted by atomic mass is 10.3. The van der Waals surface area contributed by atoms with Gasteiger partial charge in [-0.1, -0.05) is 6.08 Å². The number of aromatic nitrogens is 2. The van der Waals surface area contributed by atoms with Crippen LogP contribution in [0.1, 0.15) is 12.0 Å². The molecule has 88 valence electrons. The van der Waals surface area contributed by atoms with E-state index in [4.69, 9.17) is 16.3 Å². The number of nitrogens with zero attached hydrogens (tertiary/aromatic N) is 2. The molecule has 1 aromatic heterocycles. The first-order valence-electron chi connectivity index (χ1n) is 5.15. The maximum absolute atomic E-state index is 5.69. The smallest absolute Gasteiger partial charge is 0.224 e. The number of halogens is 1. The Morgan fingerprint density at radius 1 is 1.56 bits per heavy atom. The molecule has 0 spiro atoms. The SMILES string of the molecule is C=CCCOCCNc1nc(Cl)ncc1C. The van der Waals surface area contributed by atoms with Crippen molar-refractivity contribution in [2.75, 3.05) is 25.1 Å². The summed E-state index contributed by atoms with van der Waals surface area (Å²) in [7, 11) is 0. The Morgan fingerprint density at radius 2 is 2.38 bits per heavy atom. The van der Waals surface area contributed by atoms with Crippen LogP contribution in [0.15, 0.2) is 18.9 Å². The van der Waals surface area contributed by atoms with Crippen LogP contribution in [0, 0.1) is 6.92 Å². The Labute approximate surface area is 101 Å². The largest absolute Gasteiger partial charge is 0.379 e. The highest BCUT2D eigenvalue weighted by molar-refractivity contribution is 6.28. The van der Waals surface area contributed by atoms with E-state index in [0.717, 1.165) is 17.8 Å². The molecular weight excluding hydrogens is 226 g/mol. The van der Waals surface area contributed by atoms with Gasteiger partial charge in [-0.15, -0.1) is 6.58 Å². The minimum Gasteiger partial charge on any atom is -0.379 e. The molecule has 0 bridgehead atoms. The van der Waals surface area contributed by atoms with Gasteiger partial charge in [0.25, 0.3) is 0 Å². The molecule has 0 fully saturated rings. The van der Waals surface area contributed by atoms with Crippen LogP contribution in [0.5, 0.6) is 0 Å². The van der Waals surface area contributed by atoms with Crippen LogP contribution in [0.4, 0.5) is 5.82 Å². The van der Waals surface area contributed by atoms with Gasteiger partial charge in [-0.05, 0) is 24.9 Å². The lowest BCUT2D eigenvalue weighted by molar-refractivity contribution is 0.149. The summed E-state index contributed by atoms with van der Waals surface area (Å²) in [6.07, 6.45) is 4.40. The monoisotopic (exact) mass is 241 g/mol. The second-order valence-corrected chi connectivity index (χ2v) is 3.63. The molecule has 5 heteroatoms. The number of nitrogens with one attached hydrogen (secondary N) is 1. The van der Waals surface area contributed by atoms with E-state index in [-0.39, 0.29) is 5.28 Å². The zero-order chi connectivity index (χ0) is 11.8. The van der Waals surface area contributed by atoms with Gasteiger partial charge in [0.1, 0.15) is 5.82 Å². The molecule has 0 aliphatic carbocycles. The molecule has 1 aromatic rings. The molecule has 4 nitrogen and oxygen atoms in total. The third-order valence-corrected chi connectivity index (χ3v) is 2.13. The van der Waals surface area contributed by atoms with Gasteiger partial charge in [-0.3, -0.25) is 0 Å². The fourth-order valence-electron chi connectivity index (χ4n) is 1.11. The topological polar surface area (TPSA) is 47.0 Å². The molecule has 0 atom stereocenters. The highest BCUT2D eigenvalue weighted by Gasteiger charge is 2.00. The molecule has 16 heavy (non-hydrogen) atoms. The summed E-state index contributed by atoms with van der Waals surface area (Å²) in [5.74, 6) is 0.757. The van der Waals surface area contributed by atoms with Gasteiger partial charge in [-0.2, -0.15) is 0 Å². The quantitative estimate of drug-likeness (QED) is 0.453. The summed E-state index contributed by atoms with van der Waals surface area (Å²) >= 11 is 5.69. The van der Waals surface area contributed by atoms with Crippen molar-refractivity contribution in [1.82, 2.24) is 9.97 Å². The van der Waals surface area contributed by atoms with Crippen LogP contribution >= 0.6 is 11.6 Å². The maximum Gasteiger partial charge on any atom is 0.224 e. The molecule has 0 aliphatic heterocycles. The second-order valence-electron chi connectivity index (χ2n) is 3.29. The number of hydrogen-bond acceptors (Lipinski definition) is 4. The standard InChI is InChI=1S/C11H16ClN3O/c1-3-4-6-16-7-5-13-10-9(2)8-14-11(12)15-10/h3,8H,1,4-7H2,2H3,(H,13,14,15). The Morgan fingerprint density at radius 3 is 3.12 bits per heavy atom. The van der Waals surface area contributed by atoms with E-state index in [0.29, 0.717) is 19.8 Å². The molecule has 1 rings (SSSR count). The number of hydrogen-bond donors (Lipinski definition) is 1. The predicted octanol–water partition coefficient (Wildman–Crippen LogP) is 2.44. The molecule has 0 saturated carbocycles. The Balaban J connectivity index is 2.26. The van der Waals surface area contributed by atoms with Gasteiger partial charge >= 0.3 is 0 Å². The summed E-state index contributed by atoms with van der Waals surface area (Å²) in [5.41, 5.74) is 0.968. The molecule has 1 N–H and O–H groups in total. The second kappa shape index (κ2) is 7.19. The number of ether oxygens (including phenoxy) is 1. The van der Waals surface area contributed by atoms with E-state index in [1.807, 2.05) is 13.0 Å². The fraction of sp³-hybridized carbons (Fsp3) is 0.455. The highest BCUT2D eigenvalue weighted by Crippen LogP contribution is 2.11. The van der Waals surface area contributed by atoms with Gasteiger partial charge in [0, 0.05) is 18.3 Å². The van der Waals surface area contributed by atoms with Crippen molar-refractivity contribution in [2.24, 2.45) is 0 Å². The minimum atomic E-state index is 0.251. The summed E-state index contributed by atoms with van der Waals surface area (Å²) in [6, 6.07) is 0. The van der Waals surface area contributed by atoms with Gasteiger partial charge in [0.05, 0.1) is 13.2 Å². The molecule has 1 heterocycles. The van der Waals surface area contributed by atoms with Crippen molar-refractivity contribution in [3.63, 3.8) is 0 Å². The van der Waals surface area contributed by atoms with Crippen LogP contribution in [0.3, 0.4) is 0 Å². The molecule has 0 unspecified atom stereocenters. The first kappa shape index (κ1) is 12.9. The highest BCUT2D eigenvalue weighted by atomic mass is 35.5. The molecule has 0 radical (unpaired) electrons. The van der Waals surface area contributed by atoms with Crippen molar-refractivity contribution in [3.8, 4) is 0 Å². The fourth-order valence-corrected chi connectivity index (χ4v) is 1.24. The van der Waals surface area contributed by atoms with Gasteiger partial charge < -0.3 is 10.1 Å². The molecule has 0 aromatic carbocycles. The first-order chi connectivity index (χ1) is 7.74. The van der Waals surface area contributed by atoms with Crippen molar-refractivity contribution in [3.05, 3.63) is 29.7 Å². The normalized spacial score (nSPS) is 10.1. The van der Waals surface area contributed by atoms with Crippen LogP contribution in [0.25, 0.3) is 0 Å². The van der Waals surface area contributed by atoms with E-state index in [9.17, 15) is 0 Å². The van der Waals surface area contributed by atoms with Crippen molar-refractivity contribution >= 4 is 17.4 Å². The molecule has 0 aliphatic rings. The summed E-state index contributed by atoms with van der Waals surface area (Å²) in [5, 5.41) is 3.39. The van der Waals surface area contributed by atoms with Crippen molar-refractivity contribution in [2.45, 2.75) is 13.3 Å².